The molecule has 0 unspecified atom stereocenters. The second-order valence-electron chi connectivity index (χ2n) is 2.61. The molecule has 0 amide bonds. The van der Waals surface area contributed by atoms with Crippen LogP contribution < -0.4 is 0 Å². The molecule has 0 saturated heterocycles. The van der Waals surface area contributed by atoms with E-state index in [9.17, 15) is 4.79 Å². The fraction of sp³-hybridized carbons (Fsp3) is 0.200. The minimum atomic E-state index is -0.552. The number of ether oxygens (including phenoxy) is 1. The molecule has 0 saturated carbocycles. The van der Waals surface area contributed by atoms with Crippen LogP contribution in [0.4, 0.5) is 0 Å². The summed E-state index contributed by atoms with van der Waals surface area (Å²) in [7, 11) is 0. The van der Waals surface area contributed by atoms with E-state index in [2.05, 4.69) is 15.9 Å². The minimum Gasteiger partial charge on any atom is -0.462 e. The van der Waals surface area contributed by atoms with Crippen molar-refractivity contribution in [2.45, 2.75) is 6.92 Å². The van der Waals surface area contributed by atoms with Crippen molar-refractivity contribution in [3.05, 3.63) is 32.8 Å². The fourth-order valence-corrected chi connectivity index (χ4v) is 1.76. The van der Waals surface area contributed by atoms with Crippen molar-refractivity contribution in [1.29, 1.82) is 5.26 Å². The molecule has 0 bridgehead atoms. The van der Waals surface area contributed by atoms with E-state index in [0.29, 0.717) is 4.47 Å². The van der Waals surface area contributed by atoms with Crippen molar-refractivity contribution < 1.29 is 9.53 Å². The van der Waals surface area contributed by atoms with Gasteiger partial charge in [0.2, 0.25) is 0 Å². The van der Waals surface area contributed by atoms with Crippen LogP contribution in [0.2, 0.25) is 5.02 Å². The number of carbonyl (C=O) groups is 1. The molecule has 1 aromatic carbocycles. The van der Waals surface area contributed by atoms with E-state index in [0.717, 1.165) is 0 Å². The van der Waals surface area contributed by atoms with E-state index in [1.54, 1.807) is 19.1 Å². The van der Waals surface area contributed by atoms with Crippen LogP contribution in [-0.2, 0) is 4.74 Å². The number of esters is 1. The molecule has 0 aliphatic rings. The summed E-state index contributed by atoms with van der Waals surface area (Å²) in [6.07, 6.45) is 0. The van der Waals surface area contributed by atoms with Gasteiger partial charge in [-0.3, -0.25) is 0 Å². The Morgan fingerprint density at radius 3 is 2.87 bits per heavy atom. The predicted octanol–water partition coefficient (Wildman–Crippen LogP) is 3.15. The average molecular weight is 289 g/mol. The summed E-state index contributed by atoms with van der Waals surface area (Å²) in [6.45, 7) is 1.95. The summed E-state index contributed by atoms with van der Waals surface area (Å²) in [5, 5.41) is 9.12. The van der Waals surface area contributed by atoms with Crippen LogP contribution in [0, 0.1) is 11.3 Å². The molecule has 0 atom stereocenters. The van der Waals surface area contributed by atoms with Gasteiger partial charge in [-0.25, -0.2) is 4.79 Å². The van der Waals surface area contributed by atoms with E-state index in [-0.39, 0.29) is 22.8 Å². The van der Waals surface area contributed by atoms with Gasteiger partial charge in [0.25, 0.3) is 0 Å². The number of nitriles is 1. The highest BCUT2D eigenvalue weighted by molar-refractivity contribution is 9.10. The Balaban J connectivity index is 3.33. The quantitative estimate of drug-likeness (QED) is 0.786. The SMILES string of the molecule is CCOC(=O)c1c(Br)ccc(Cl)c1C#N. The number of hydrogen-bond donors (Lipinski definition) is 0. The van der Waals surface area contributed by atoms with Crippen molar-refractivity contribution in [3.63, 3.8) is 0 Å². The zero-order chi connectivity index (χ0) is 11.4. The van der Waals surface area contributed by atoms with Crippen molar-refractivity contribution in [1.82, 2.24) is 0 Å². The number of benzene rings is 1. The van der Waals surface area contributed by atoms with Gasteiger partial charge in [0.15, 0.2) is 0 Å². The number of carbonyl (C=O) groups excluding carboxylic acids is 1. The average Bonchev–Trinajstić information content (AvgIpc) is 2.21. The third-order valence-corrected chi connectivity index (χ3v) is 2.67. The normalized spacial score (nSPS) is 9.47. The molecule has 0 aromatic heterocycles. The molecular weight excluding hydrogens is 281 g/mol. The maximum Gasteiger partial charge on any atom is 0.340 e. The molecule has 3 nitrogen and oxygen atoms in total. The maximum absolute atomic E-state index is 11.5. The Labute approximate surface area is 101 Å². The fourth-order valence-electron chi connectivity index (χ4n) is 1.06. The topological polar surface area (TPSA) is 50.1 Å². The lowest BCUT2D eigenvalue weighted by atomic mass is 10.1. The van der Waals surface area contributed by atoms with Crippen molar-refractivity contribution >= 4 is 33.5 Å². The van der Waals surface area contributed by atoms with Gasteiger partial charge in [0.1, 0.15) is 6.07 Å². The van der Waals surface area contributed by atoms with E-state index in [4.69, 9.17) is 21.6 Å². The Hall–Kier alpha value is -1.05. The zero-order valence-corrected chi connectivity index (χ0v) is 10.2. The Kier molecular flexibility index (Phi) is 4.13. The third-order valence-electron chi connectivity index (χ3n) is 1.70. The van der Waals surface area contributed by atoms with Crippen LogP contribution in [0.1, 0.15) is 22.8 Å². The Morgan fingerprint density at radius 1 is 1.67 bits per heavy atom. The number of nitrogens with zero attached hydrogens (tertiary/aromatic N) is 1. The Bertz CT molecular complexity index is 440. The predicted molar refractivity (Wildman–Crippen MR) is 59.8 cm³/mol. The summed E-state index contributed by atoms with van der Waals surface area (Å²) in [5.74, 6) is -0.552. The summed E-state index contributed by atoms with van der Waals surface area (Å²) < 4.78 is 5.33. The van der Waals surface area contributed by atoms with Crippen LogP contribution in [0.15, 0.2) is 16.6 Å². The second kappa shape index (κ2) is 5.15. The highest BCUT2D eigenvalue weighted by Crippen LogP contribution is 2.27. The molecule has 0 heterocycles. The van der Waals surface area contributed by atoms with Gasteiger partial charge in [0, 0.05) is 4.47 Å². The molecule has 15 heavy (non-hydrogen) atoms. The molecule has 0 fully saturated rings. The first-order valence-corrected chi connectivity index (χ1v) is 5.34. The van der Waals surface area contributed by atoms with Crippen LogP contribution in [0.3, 0.4) is 0 Å². The van der Waals surface area contributed by atoms with Gasteiger partial charge in [-0.05, 0) is 35.0 Å². The third kappa shape index (κ3) is 2.49. The minimum absolute atomic E-state index is 0.129. The van der Waals surface area contributed by atoms with Crippen LogP contribution in [0.5, 0.6) is 0 Å². The molecule has 0 spiro atoms. The molecule has 1 rings (SSSR count). The molecule has 5 heteroatoms. The highest BCUT2D eigenvalue weighted by atomic mass is 79.9. The van der Waals surface area contributed by atoms with E-state index < -0.39 is 5.97 Å². The van der Waals surface area contributed by atoms with Crippen molar-refractivity contribution in [2.75, 3.05) is 6.61 Å². The molecule has 0 aliphatic carbocycles. The summed E-state index contributed by atoms with van der Waals surface area (Å²) >= 11 is 8.98. The van der Waals surface area contributed by atoms with Crippen LogP contribution >= 0.6 is 27.5 Å². The van der Waals surface area contributed by atoms with Gasteiger partial charge in [0.05, 0.1) is 22.8 Å². The van der Waals surface area contributed by atoms with Crippen LogP contribution in [0.25, 0.3) is 0 Å². The molecular formula is C10H7BrClNO2. The summed E-state index contributed by atoms with van der Waals surface area (Å²) in [6, 6.07) is 5.04. The van der Waals surface area contributed by atoms with Gasteiger partial charge >= 0.3 is 5.97 Å². The number of halogens is 2. The standard InChI is InChI=1S/C10H7BrClNO2/c1-2-15-10(14)9-6(5-13)8(12)4-3-7(9)11/h3-4H,2H2,1H3. The first kappa shape index (κ1) is 12.0. The zero-order valence-electron chi connectivity index (χ0n) is 7.88. The highest BCUT2D eigenvalue weighted by Gasteiger charge is 2.18. The van der Waals surface area contributed by atoms with E-state index in [1.165, 1.54) is 0 Å². The maximum atomic E-state index is 11.5. The summed E-state index contributed by atoms with van der Waals surface area (Å²) in [5.41, 5.74) is 0.302. The summed E-state index contributed by atoms with van der Waals surface area (Å²) in [4.78, 5) is 11.5. The van der Waals surface area contributed by atoms with Crippen LogP contribution in [-0.4, -0.2) is 12.6 Å². The first-order valence-electron chi connectivity index (χ1n) is 4.17. The molecule has 0 N–H and O–H groups in total. The first-order chi connectivity index (χ1) is 7.11. The van der Waals surface area contributed by atoms with Crippen molar-refractivity contribution in [3.8, 4) is 6.07 Å². The number of hydrogen-bond acceptors (Lipinski definition) is 3. The molecule has 0 aliphatic heterocycles. The van der Waals surface area contributed by atoms with Gasteiger partial charge in [-0.15, -0.1) is 0 Å². The molecule has 1 aromatic rings. The second-order valence-corrected chi connectivity index (χ2v) is 3.87. The largest absolute Gasteiger partial charge is 0.462 e. The lowest BCUT2D eigenvalue weighted by molar-refractivity contribution is 0.0525. The molecule has 78 valence electrons. The number of rotatable bonds is 2. The molecule has 0 radical (unpaired) electrons. The monoisotopic (exact) mass is 287 g/mol. The van der Waals surface area contributed by atoms with E-state index >= 15 is 0 Å². The van der Waals surface area contributed by atoms with E-state index in [1.807, 2.05) is 6.07 Å². The van der Waals surface area contributed by atoms with Crippen molar-refractivity contribution in [2.24, 2.45) is 0 Å². The van der Waals surface area contributed by atoms with Gasteiger partial charge in [-0.2, -0.15) is 5.26 Å². The lowest BCUT2D eigenvalue weighted by Gasteiger charge is -2.07. The lowest BCUT2D eigenvalue weighted by Crippen LogP contribution is -2.08. The smallest absolute Gasteiger partial charge is 0.340 e. The van der Waals surface area contributed by atoms with Gasteiger partial charge in [-0.1, -0.05) is 11.6 Å². The van der Waals surface area contributed by atoms with Gasteiger partial charge < -0.3 is 4.74 Å². The Morgan fingerprint density at radius 2 is 2.33 bits per heavy atom.